The highest BCUT2D eigenvalue weighted by Gasteiger charge is 2.26. The number of benzene rings is 1. The third-order valence-corrected chi connectivity index (χ3v) is 5.14. The number of piperidine rings is 1. The number of aryl methyl sites for hydroxylation is 1. The number of amides is 2. The maximum Gasteiger partial charge on any atom is 0.236 e. The Labute approximate surface area is 155 Å². The van der Waals surface area contributed by atoms with Gasteiger partial charge in [0.15, 0.2) is 0 Å². The van der Waals surface area contributed by atoms with Gasteiger partial charge in [0.05, 0.1) is 6.54 Å². The summed E-state index contributed by atoms with van der Waals surface area (Å²) in [7, 11) is 0. The normalized spacial score (nSPS) is 15.7. The first-order chi connectivity index (χ1) is 12.4. The van der Waals surface area contributed by atoms with Crippen LogP contribution in [0.4, 0.5) is 4.39 Å². The fourth-order valence-electron chi connectivity index (χ4n) is 3.30. The van der Waals surface area contributed by atoms with E-state index in [4.69, 9.17) is 0 Å². The van der Waals surface area contributed by atoms with E-state index in [0.29, 0.717) is 18.7 Å². The average Bonchev–Trinajstić information content (AvgIpc) is 2.64. The van der Waals surface area contributed by atoms with Gasteiger partial charge >= 0.3 is 0 Å². The molecule has 144 valence electrons. The van der Waals surface area contributed by atoms with Crippen molar-refractivity contribution in [3.8, 4) is 0 Å². The van der Waals surface area contributed by atoms with E-state index < -0.39 is 0 Å². The van der Waals surface area contributed by atoms with Crippen LogP contribution in [0, 0.1) is 18.7 Å². The number of nitrogens with zero attached hydrogens (tertiary/aromatic N) is 2. The first-order valence-electron chi connectivity index (χ1n) is 9.47. The number of carbonyl (C=O) groups excluding carboxylic acids is 2. The van der Waals surface area contributed by atoms with E-state index in [0.717, 1.165) is 44.6 Å². The van der Waals surface area contributed by atoms with Crippen LogP contribution in [0.5, 0.6) is 0 Å². The molecular weight excluding hydrogens is 333 g/mol. The molecule has 0 aromatic heterocycles. The molecule has 1 aromatic rings. The lowest BCUT2D eigenvalue weighted by molar-refractivity contribution is -0.132. The van der Waals surface area contributed by atoms with E-state index in [1.807, 2.05) is 24.8 Å². The Morgan fingerprint density at radius 1 is 1.23 bits per heavy atom. The molecule has 1 fully saturated rings. The Kier molecular flexibility index (Phi) is 7.57. The number of likely N-dealkylation sites (tertiary alicyclic amines) is 1. The van der Waals surface area contributed by atoms with Crippen LogP contribution in [0.25, 0.3) is 0 Å². The third-order valence-electron chi connectivity index (χ3n) is 5.14. The maximum absolute atomic E-state index is 13.6. The molecule has 0 radical (unpaired) electrons. The predicted molar refractivity (Wildman–Crippen MR) is 100 cm³/mol. The molecule has 1 aromatic carbocycles. The van der Waals surface area contributed by atoms with Crippen LogP contribution in [0.3, 0.4) is 0 Å². The Morgan fingerprint density at radius 3 is 2.46 bits per heavy atom. The van der Waals surface area contributed by atoms with E-state index in [9.17, 15) is 14.0 Å². The lowest BCUT2D eigenvalue weighted by Gasteiger charge is -2.32. The summed E-state index contributed by atoms with van der Waals surface area (Å²) < 4.78 is 13.6. The Hall–Kier alpha value is -1.95. The minimum atomic E-state index is -0.247. The minimum absolute atomic E-state index is 0.0145. The van der Waals surface area contributed by atoms with Crippen molar-refractivity contribution in [2.75, 3.05) is 32.7 Å². The Morgan fingerprint density at radius 2 is 1.88 bits per heavy atom. The molecule has 0 unspecified atom stereocenters. The molecular formula is C20H30FN3O2. The van der Waals surface area contributed by atoms with E-state index in [2.05, 4.69) is 10.2 Å². The van der Waals surface area contributed by atoms with E-state index in [-0.39, 0.29) is 23.5 Å². The van der Waals surface area contributed by atoms with Gasteiger partial charge in [-0.1, -0.05) is 12.1 Å². The van der Waals surface area contributed by atoms with Gasteiger partial charge < -0.3 is 10.2 Å². The summed E-state index contributed by atoms with van der Waals surface area (Å²) in [4.78, 5) is 28.5. The van der Waals surface area contributed by atoms with Crippen molar-refractivity contribution in [1.82, 2.24) is 15.1 Å². The largest absolute Gasteiger partial charge is 0.352 e. The third kappa shape index (κ3) is 5.53. The Bertz CT molecular complexity index is 623. The number of hydrogen-bond acceptors (Lipinski definition) is 3. The first-order valence-corrected chi connectivity index (χ1v) is 9.47. The highest BCUT2D eigenvalue weighted by Crippen LogP contribution is 2.18. The predicted octanol–water partition coefficient (Wildman–Crippen LogP) is 2.33. The van der Waals surface area contributed by atoms with Gasteiger partial charge in [-0.25, -0.2) is 4.39 Å². The SMILES string of the molecule is CCN(CC)C(=O)CN1CCC(C(=O)NCc2ccc(C)c(F)c2)CC1. The zero-order chi connectivity index (χ0) is 19.1. The molecule has 0 atom stereocenters. The van der Waals surface area contributed by atoms with Crippen molar-refractivity contribution in [2.24, 2.45) is 5.92 Å². The summed E-state index contributed by atoms with van der Waals surface area (Å²) in [6.45, 7) is 9.43. The van der Waals surface area contributed by atoms with Gasteiger partial charge in [0.1, 0.15) is 5.82 Å². The molecule has 1 N–H and O–H groups in total. The van der Waals surface area contributed by atoms with Crippen molar-refractivity contribution >= 4 is 11.8 Å². The van der Waals surface area contributed by atoms with Crippen LogP contribution in [0.1, 0.15) is 37.8 Å². The molecule has 1 heterocycles. The summed E-state index contributed by atoms with van der Waals surface area (Å²) in [6.07, 6.45) is 1.50. The van der Waals surface area contributed by atoms with E-state index in [1.54, 1.807) is 13.0 Å². The number of nitrogens with one attached hydrogen (secondary N) is 1. The molecule has 26 heavy (non-hydrogen) atoms. The van der Waals surface area contributed by atoms with Crippen molar-refractivity contribution in [3.63, 3.8) is 0 Å². The van der Waals surface area contributed by atoms with Crippen molar-refractivity contribution in [1.29, 1.82) is 0 Å². The number of carbonyl (C=O) groups is 2. The number of halogens is 1. The number of likely N-dealkylation sites (N-methyl/N-ethyl adjacent to an activating group) is 1. The van der Waals surface area contributed by atoms with Gasteiger partial charge in [-0.2, -0.15) is 0 Å². The minimum Gasteiger partial charge on any atom is -0.352 e. The monoisotopic (exact) mass is 363 g/mol. The standard InChI is InChI=1S/C20H30FN3O2/c1-4-24(5-2)19(25)14-23-10-8-17(9-11-23)20(26)22-13-16-7-6-15(3)18(21)12-16/h6-7,12,17H,4-5,8-11,13-14H2,1-3H3,(H,22,26). The molecule has 0 bridgehead atoms. The summed E-state index contributed by atoms with van der Waals surface area (Å²) in [6, 6.07) is 5.03. The number of rotatable bonds is 7. The van der Waals surface area contributed by atoms with Gasteiger partial charge in [0.25, 0.3) is 0 Å². The van der Waals surface area contributed by atoms with Crippen molar-refractivity contribution in [3.05, 3.63) is 35.1 Å². The molecule has 2 rings (SSSR count). The fraction of sp³-hybridized carbons (Fsp3) is 0.600. The van der Waals surface area contributed by atoms with Crippen molar-refractivity contribution in [2.45, 2.75) is 40.2 Å². The summed E-state index contributed by atoms with van der Waals surface area (Å²) in [5.41, 5.74) is 1.37. The fourth-order valence-corrected chi connectivity index (χ4v) is 3.30. The molecule has 1 saturated heterocycles. The maximum atomic E-state index is 13.6. The van der Waals surface area contributed by atoms with Crippen LogP contribution in [0.15, 0.2) is 18.2 Å². The molecule has 0 aliphatic carbocycles. The lowest BCUT2D eigenvalue weighted by atomic mass is 9.95. The molecule has 1 aliphatic rings. The highest BCUT2D eigenvalue weighted by atomic mass is 19.1. The van der Waals surface area contributed by atoms with Gasteiger partial charge in [0.2, 0.25) is 11.8 Å². The summed E-state index contributed by atoms with van der Waals surface area (Å²) in [5, 5.41) is 2.91. The quantitative estimate of drug-likeness (QED) is 0.809. The van der Waals surface area contributed by atoms with E-state index in [1.165, 1.54) is 6.07 Å². The van der Waals surface area contributed by atoms with Crippen LogP contribution < -0.4 is 5.32 Å². The van der Waals surface area contributed by atoms with Crippen LogP contribution >= 0.6 is 0 Å². The van der Waals surface area contributed by atoms with Gasteiger partial charge in [-0.05, 0) is 63.9 Å². The molecule has 0 saturated carbocycles. The van der Waals surface area contributed by atoms with Crippen LogP contribution in [-0.2, 0) is 16.1 Å². The zero-order valence-corrected chi connectivity index (χ0v) is 16.1. The summed E-state index contributed by atoms with van der Waals surface area (Å²) in [5.74, 6) is -0.118. The highest BCUT2D eigenvalue weighted by molar-refractivity contribution is 5.79. The topological polar surface area (TPSA) is 52.7 Å². The number of hydrogen-bond donors (Lipinski definition) is 1. The zero-order valence-electron chi connectivity index (χ0n) is 16.1. The van der Waals surface area contributed by atoms with Crippen LogP contribution in [0.2, 0.25) is 0 Å². The Balaban J connectivity index is 1.75. The van der Waals surface area contributed by atoms with Gasteiger partial charge in [-0.15, -0.1) is 0 Å². The average molecular weight is 363 g/mol. The van der Waals surface area contributed by atoms with Crippen molar-refractivity contribution < 1.29 is 14.0 Å². The van der Waals surface area contributed by atoms with Crippen LogP contribution in [-0.4, -0.2) is 54.3 Å². The van der Waals surface area contributed by atoms with Gasteiger partial charge in [-0.3, -0.25) is 14.5 Å². The first kappa shape index (κ1) is 20.4. The second kappa shape index (κ2) is 9.67. The summed E-state index contributed by atoms with van der Waals surface area (Å²) >= 11 is 0. The molecule has 0 spiro atoms. The lowest BCUT2D eigenvalue weighted by Crippen LogP contribution is -2.45. The molecule has 5 nitrogen and oxygen atoms in total. The van der Waals surface area contributed by atoms with Gasteiger partial charge in [0, 0.05) is 25.6 Å². The molecule has 2 amide bonds. The molecule has 1 aliphatic heterocycles. The smallest absolute Gasteiger partial charge is 0.236 e. The second-order valence-corrected chi connectivity index (χ2v) is 6.92. The second-order valence-electron chi connectivity index (χ2n) is 6.92. The van der Waals surface area contributed by atoms with E-state index >= 15 is 0 Å². The molecule has 6 heteroatoms.